The molecular formula is C12H15NO. The molecule has 74 valence electrons. The van der Waals surface area contributed by atoms with E-state index in [4.69, 9.17) is 5.41 Å². The van der Waals surface area contributed by atoms with Gasteiger partial charge in [0.15, 0.2) is 0 Å². The van der Waals surface area contributed by atoms with Gasteiger partial charge in [-0.2, -0.15) is 0 Å². The Morgan fingerprint density at radius 1 is 1.36 bits per heavy atom. The molecule has 0 aromatic heterocycles. The summed E-state index contributed by atoms with van der Waals surface area (Å²) in [6.07, 6.45) is 2.90. The van der Waals surface area contributed by atoms with Gasteiger partial charge in [-0.3, -0.25) is 0 Å². The monoisotopic (exact) mass is 189 g/mol. The highest BCUT2D eigenvalue weighted by atomic mass is 16.3. The van der Waals surface area contributed by atoms with E-state index < -0.39 is 0 Å². The number of aryl methyl sites for hydroxylation is 1. The highest BCUT2D eigenvalue weighted by molar-refractivity contribution is 5.90. The van der Waals surface area contributed by atoms with Crippen molar-refractivity contribution in [3.05, 3.63) is 47.7 Å². The van der Waals surface area contributed by atoms with Crippen LogP contribution in [-0.4, -0.2) is 10.8 Å². The Hall–Kier alpha value is -1.57. The van der Waals surface area contributed by atoms with Crippen LogP contribution in [0.25, 0.3) is 0 Å². The van der Waals surface area contributed by atoms with Gasteiger partial charge in [0.05, 0.1) is 5.76 Å². The van der Waals surface area contributed by atoms with Crippen LogP contribution in [0.1, 0.15) is 18.9 Å². The maximum absolute atomic E-state index is 9.40. The molecule has 2 N–H and O–H groups in total. The number of allylic oxidation sites excluding steroid dienone is 2. The average molecular weight is 189 g/mol. The van der Waals surface area contributed by atoms with Crippen molar-refractivity contribution in [2.45, 2.75) is 19.8 Å². The zero-order valence-corrected chi connectivity index (χ0v) is 8.33. The molecule has 0 radical (unpaired) electrons. The zero-order valence-electron chi connectivity index (χ0n) is 8.33. The Labute approximate surface area is 84.4 Å². The van der Waals surface area contributed by atoms with Gasteiger partial charge in [-0.25, -0.2) is 0 Å². The SMILES string of the molecule is CC(=N)/C=C(\O)CCc1ccccc1. The van der Waals surface area contributed by atoms with Crippen LogP contribution in [0.15, 0.2) is 42.2 Å². The Morgan fingerprint density at radius 2 is 2.00 bits per heavy atom. The number of hydrogen-bond acceptors (Lipinski definition) is 2. The Balaban J connectivity index is 2.45. The van der Waals surface area contributed by atoms with Crippen LogP contribution in [0.5, 0.6) is 0 Å². The van der Waals surface area contributed by atoms with Crippen LogP contribution < -0.4 is 0 Å². The first-order valence-corrected chi connectivity index (χ1v) is 4.67. The maximum atomic E-state index is 9.40. The van der Waals surface area contributed by atoms with Crippen LogP contribution in [0.3, 0.4) is 0 Å². The molecule has 1 rings (SSSR count). The van der Waals surface area contributed by atoms with Crippen LogP contribution in [0.4, 0.5) is 0 Å². The van der Waals surface area contributed by atoms with Crippen molar-refractivity contribution in [2.75, 3.05) is 0 Å². The summed E-state index contributed by atoms with van der Waals surface area (Å²) >= 11 is 0. The molecule has 0 atom stereocenters. The second-order valence-corrected chi connectivity index (χ2v) is 3.30. The normalized spacial score (nSPS) is 11.4. The van der Waals surface area contributed by atoms with E-state index in [1.165, 1.54) is 11.6 Å². The number of aliphatic hydroxyl groups excluding tert-OH is 1. The van der Waals surface area contributed by atoms with Crippen molar-refractivity contribution in [2.24, 2.45) is 0 Å². The molecule has 0 saturated heterocycles. The van der Waals surface area contributed by atoms with Crippen LogP contribution >= 0.6 is 0 Å². The van der Waals surface area contributed by atoms with E-state index in [1.54, 1.807) is 6.92 Å². The molecule has 2 heteroatoms. The molecule has 0 aliphatic carbocycles. The molecule has 1 aromatic rings. The molecule has 0 spiro atoms. The van der Waals surface area contributed by atoms with Crippen molar-refractivity contribution in [1.82, 2.24) is 0 Å². The largest absolute Gasteiger partial charge is 0.512 e. The topological polar surface area (TPSA) is 44.1 Å². The smallest absolute Gasteiger partial charge is 0.0943 e. The van der Waals surface area contributed by atoms with Gasteiger partial charge in [0.1, 0.15) is 0 Å². The summed E-state index contributed by atoms with van der Waals surface area (Å²) < 4.78 is 0. The van der Waals surface area contributed by atoms with Crippen molar-refractivity contribution in [3.8, 4) is 0 Å². The fraction of sp³-hybridized carbons (Fsp3) is 0.250. The summed E-state index contributed by atoms with van der Waals surface area (Å²) in [4.78, 5) is 0. The van der Waals surface area contributed by atoms with Crippen molar-refractivity contribution in [3.63, 3.8) is 0 Å². The predicted molar refractivity (Wildman–Crippen MR) is 58.9 cm³/mol. The minimum atomic E-state index is 0.279. The second kappa shape index (κ2) is 5.22. The average Bonchev–Trinajstić information content (AvgIpc) is 2.15. The molecule has 1 aromatic carbocycles. The molecule has 0 unspecified atom stereocenters. The molecule has 0 amide bonds. The Bertz CT molecular complexity index is 327. The van der Waals surface area contributed by atoms with Crippen molar-refractivity contribution >= 4 is 5.71 Å². The van der Waals surface area contributed by atoms with E-state index in [9.17, 15) is 5.11 Å². The summed E-state index contributed by atoms with van der Waals surface area (Å²) in [5.41, 5.74) is 1.59. The van der Waals surface area contributed by atoms with Crippen LogP contribution in [0, 0.1) is 5.41 Å². The standard InChI is InChI=1S/C12H15NO/c1-10(13)9-12(14)8-7-11-5-3-2-4-6-11/h2-6,9,13-14H,7-8H2,1H3/b12-9-,13-10?. The van der Waals surface area contributed by atoms with Crippen molar-refractivity contribution in [1.29, 1.82) is 5.41 Å². The molecular weight excluding hydrogens is 174 g/mol. The summed E-state index contributed by atoms with van der Waals surface area (Å²) in [5.74, 6) is 0.279. The summed E-state index contributed by atoms with van der Waals surface area (Å²) in [6.45, 7) is 1.65. The summed E-state index contributed by atoms with van der Waals surface area (Å²) in [5, 5.41) is 16.6. The quantitative estimate of drug-likeness (QED) is 0.554. The van der Waals surface area contributed by atoms with Crippen molar-refractivity contribution < 1.29 is 5.11 Å². The lowest BCUT2D eigenvalue weighted by molar-refractivity contribution is 0.389. The zero-order chi connectivity index (χ0) is 10.4. The molecule has 0 fully saturated rings. The van der Waals surface area contributed by atoms with Gasteiger partial charge in [-0.05, 0) is 25.0 Å². The summed E-state index contributed by atoms with van der Waals surface area (Å²) in [7, 11) is 0. The third kappa shape index (κ3) is 3.90. The third-order valence-electron chi connectivity index (χ3n) is 1.90. The fourth-order valence-electron chi connectivity index (χ4n) is 1.24. The van der Waals surface area contributed by atoms with E-state index in [0.29, 0.717) is 12.1 Å². The first-order valence-electron chi connectivity index (χ1n) is 4.67. The summed E-state index contributed by atoms with van der Waals surface area (Å²) in [6, 6.07) is 10.0. The van der Waals surface area contributed by atoms with E-state index in [0.717, 1.165) is 6.42 Å². The number of hydrogen-bond donors (Lipinski definition) is 2. The molecule has 0 saturated carbocycles. The van der Waals surface area contributed by atoms with Crippen LogP contribution in [0.2, 0.25) is 0 Å². The van der Waals surface area contributed by atoms with Gasteiger partial charge < -0.3 is 10.5 Å². The number of benzene rings is 1. The lowest BCUT2D eigenvalue weighted by atomic mass is 10.1. The van der Waals surface area contributed by atoms with Gasteiger partial charge in [0.2, 0.25) is 0 Å². The molecule has 14 heavy (non-hydrogen) atoms. The highest BCUT2D eigenvalue weighted by Crippen LogP contribution is 2.06. The lowest BCUT2D eigenvalue weighted by Gasteiger charge is -2.00. The Kier molecular flexibility index (Phi) is 3.92. The van der Waals surface area contributed by atoms with Gasteiger partial charge in [-0.1, -0.05) is 30.3 Å². The molecule has 2 nitrogen and oxygen atoms in total. The fourth-order valence-corrected chi connectivity index (χ4v) is 1.24. The molecule has 0 heterocycles. The van der Waals surface area contributed by atoms with E-state index >= 15 is 0 Å². The molecule has 0 aliphatic rings. The van der Waals surface area contributed by atoms with Crippen LogP contribution in [-0.2, 0) is 6.42 Å². The molecule has 0 aliphatic heterocycles. The molecule has 0 bridgehead atoms. The number of nitrogens with one attached hydrogen (secondary N) is 1. The van der Waals surface area contributed by atoms with E-state index in [1.807, 2.05) is 30.3 Å². The predicted octanol–water partition coefficient (Wildman–Crippen LogP) is 3.10. The van der Waals surface area contributed by atoms with E-state index in [-0.39, 0.29) is 5.76 Å². The van der Waals surface area contributed by atoms with Gasteiger partial charge in [-0.15, -0.1) is 0 Å². The first kappa shape index (κ1) is 10.5. The number of rotatable bonds is 4. The minimum absolute atomic E-state index is 0.279. The highest BCUT2D eigenvalue weighted by Gasteiger charge is 1.96. The number of aliphatic hydroxyl groups is 1. The first-order chi connectivity index (χ1) is 6.68. The third-order valence-corrected chi connectivity index (χ3v) is 1.90. The lowest BCUT2D eigenvalue weighted by Crippen LogP contribution is -1.91. The minimum Gasteiger partial charge on any atom is -0.512 e. The second-order valence-electron chi connectivity index (χ2n) is 3.30. The maximum Gasteiger partial charge on any atom is 0.0943 e. The van der Waals surface area contributed by atoms with Gasteiger partial charge >= 0.3 is 0 Å². The van der Waals surface area contributed by atoms with Gasteiger partial charge in [0, 0.05) is 12.1 Å². The van der Waals surface area contributed by atoms with E-state index in [2.05, 4.69) is 0 Å². The Morgan fingerprint density at radius 3 is 2.57 bits per heavy atom. The van der Waals surface area contributed by atoms with Gasteiger partial charge in [0.25, 0.3) is 0 Å².